The van der Waals surface area contributed by atoms with Crippen LogP contribution in [0.15, 0.2) is 23.0 Å². The lowest BCUT2D eigenvalue weighted by atomic mass is 9.95. The normalized spacial score (nSPS) is 25.9. The quantitative estimate of drug-likeness (QED) is 0.555. The molecule has 4 rings (SSSR count). The molecule has 0 amide bonds. The first-order valence-electron chi connectivity index (χ1n) is 7.45. The number of hydroxylamine groups is 2. The highest BCUT2D eigenvalue weighted by Gasteiger charge is 2.36. The monoisotopic (exact) mass is 298 g/mol. The van der Waals surface area contributed by atoms with Gasteiger partial charge < -0.3 is 14.6 Å². The molecule has 0 N–H and O–H groups in total. The second kappa shape index (κ2) is 4.00. The molecular formula is C17H18N2O3. The number of nitrogens with zero attached hydrogens (tertiary/aromatic N) is 2. The Balaban J connectivity index is 2.26. The maximum atomic E-state index is 12.9. The van der Waals surface area contributed by atoms with Gasteiger partial charge in [-0.25, -0.2) is 0 Å². The highest BCUT2D eigenvalue weighted by atomic mass is 16.6. The van der Waals surface area contributed by atoms with Gasteiger partial charge in [-0.3, -0.25) is 9.36 Å². The molecule has 2 aliphatic rings. The van der Waals surface area contributed by atoms with E-state index < -0.39 is 4.65 Å². The van der Waals surface area contributed by atoms with Gasteiger partial charge in [-0.1, -0.05) is 0 Å². The van der Waals surface area contributed by atoms with E-state index in [1.807, 2.05) is 32.9 Å². The number of likely N-dealkylation sites (N-methyl/N-ethyl adjacent to an activating group) is 1. The summed E-state index contributed by atoms with van der Waals surface area (Å²) in [5.74, 6) is 0.575. The molecule has 1 aromatic heterocycles. The zero-order valence-corrected chi connectivity index (χ0v) is 13.1. The Kier molecular flexibility index (Phi) is 2.46. The molecule has 2 aromatic rings. The molecule has 0 bridgehead atoms. The maximum Gasteiger partial charge on any atom is 0.254 e. The summed E-state index contributed by atoms with van der Waals surface area (Å²) in [7, 11) is 1.63. The van der Waals surface area contributed by atoms with Crippen molar-refractivity contribution in [2.45, 2.75) is 27.0 Å². The van der Waals surface area contributed by atoms with Crippen molar-refractivity contribution in [2.24, 2.45) is 0 Å². The van der Waals surface area contributed by atoms with Crippen molar-refractivity contribution in [1.29, 1.82) is 0 Å². The zero-order valence-electron chi connectivity index (χ0n) is 13.1. The van der Waals surface area contributed by atoms with Gasteiger partial charge >= 0.3 is 0 Å². The number of pyridine rings is 1. The number of aromatic nitrogens is 1. The number of ether oxygens (including phenoxy) is 1. The minimum absolute atomic E-state index is 0.0839. The average Bonchev–Trinajstić information content (AvgIpc) is 2.77. The van der Waals surface area contributed by atoms with Crippen molar-refractivity contribution in [3.63, 3.8) is 0 Å². The number of rotatable bonds is 0. The van der Waals surface area contributed by atoms with Crippen molar-refractivity contribution in [1.82, 2.24) is 9.21 Å². The van der Waals surface area contributed by atoms with Crippen molar-refractivity contribution in [3.8, 4) is 5.75 Å². The third kappa shape index (κ3) is 1.52. The Morgan fingerprint density at radius 3 is 2.82 bits per heavy atom. The van der Waals surface area contributed by atoms with E-state index in [1.54, 1.807) is 17.7 Å². The van der Waals surface area contributed by atoms with Gasteiger partial charge in [-0.05, 0) is 44.1 Å². The van der Waals surface area contributed by atoms with E-state index in [1.165, 1.54) is 0 Å². The van der Waals surface area contributed by atoms with Crippen molar-refractivity contribution in [3.05, 3.63) is 44.9 Å². The second-order valence-corrected chi connectivity index (χ2v) is 6.42. The molecule has 5 nitrogen and oxygen atoms in total. The summed E-state index contributed by atoms with van der Waals surface area (Å²) < 4.78 is 7.10. The van der Waals surface area contributed by atoms with Crippen LogP contribution in [0.2, 0.25) is 0 Å². The Hall–Kier alpha value is -2.11. The van der Waals surface area contributed by atoms with Crippen LogP contribution < -0.4 is 14.9 Å². The summed E-state index contributed by atoms with van der Waals surface area (Å²) in [6.07, 6.45) is 1.58. The van der Waals surface area contributed by atoms with Crippen LogP contribution in [-0.2, 0) is 0 Å². The van der Waals surface area contributed by atoms with Gasteiger partial charge in [0.15, 0.2) is 11.9 Å². The highest BCUT2D eigenvalue weighted by Crippen LogP contribution is 2.50. The SMILES string of the molecule is CC1=CC[N+](C)([O-])c2c1cc1c(C)cc(=O)n3c1c2OC3C. The molecule has 0 saturated carbocycles. The molecule has 2 aliphatic heterocycles. The summed E-state index contributed by atoms with van der Waals surface area (Å²) in [4.78, 5) is 12.3. The molecule has 0 radical (unpaired) electrons. The summed E-state index contributed by atoms with van der Waals surface area (Å²) in [5, 5.41) is 13.9. The second-order valence-electron chi connectivity index (χ2n) is 6.42. The maximum absolute atomic E-state index is 12.9. The van der Waals surface area contributed by atoms with Crippen LogP contribution in [0.3, 0.4) is 0 Å². The van der Waals surface area contributed by atoms with Gasteiger partial charge in [0.05, 0.1) is 7.05 Å². The Morgan fingerprint density at radius 2 is 2.09 bits per heavy atom. The third-order valence-corrected chi connectivity index (χ3v) is 4.77. The lowest BCUT2D eigenvalue weighted by molar-refractivity contribution is 0.177. The van der Waals surface area contributed by atoms with E-state index in [0.717, 1.165) is 27.6 Å². The number of hydrogen-bond acceptors (Lipinski definition) is 3. The molecule has 5 heteroatoms. The number of allylic oxidation sites excluding steroid dienone is 1. The smallest absolute Gasteiger partial charge is 0.254 e. The van der Waals surface area contributed by atoms with Crippen LogP contribution in [0, 0.1) is 12.1 Å². The molecule has 0 fully saturated rings. The van der Waals surface area contributed by atoms with E-state index in [-0.39, 0.29) is 11.8 Å². The molecular weight excluding hydrogens is 280 g/mol. The van der Waals surface area contributed by atoms with Gasteiger partial charge in [0.25, 0.3) is 5.56 Å². The molecule has 0 saturated heterocycles. The van der Waals surface area contributed by atoms with Crippen LogP contribution in [0.25, 0.3) is 16.5 Å². The minimum Gasteiger partial charge on any atom is -0.627 e. The van der Waals surface area contributed by atoms with Crippen LogP contribution in [0.1, 0.15) is 31.2 Å². The van der Waals surface area contributed by atoms with Crippen molar-refractivity contribution >= 4 is 22.2 Å². The fourth-order valence-corrected chi connectivity index (χ4v) is 3.60. The van der Waals surface area contributed by atoms with Gasteiger partial charge in [0.1, 0.15) is 12.1 Å². The first-order chi connectivity index (χ1) is 10.3. The van der Waals surface area contributed by atoms with Crippen molar-refractivity contribution in [2.75, 3.05) is 13.6 Å². The predicted molar refractivity (Wildman–Crippen MR) is 87.9 cm³/mol. The molecule has 1 aromatic carbocycles. The van der Waals surface area contributed by atoms with Crippen LogP contribution in [0.5, 0.6) is 5.75 Å². The Labute approximate surface area is 128 Å². The Bertz CT molecular complexity index is 922. The lowest BCUT2D eigenvalue weighted by Gasteiger charge is -2.41. The number of aryl methyl sites for hydroxylation is 1. The fraction of sp³-hybridized carbons (Fsp3) is 0.353. The minimum atomic E-state index is -0.507. The number of fused-ring (bicyclic) bond motifs is 2. The Morgan fingerprint density at radius 1 is 1.36 bits per heavy atom. The summed E-state index contributed by atoms with van der Waals surface area (Å²) >= 11 is 0. The number of benzene rings is 1. The average molecular weight is 298 g/mol. The van der Waals surface area contributed by atoms with E-state index in [9.17, 15) is 10.0 Å². The number of quaternary nitrogens is 1. The van der Waals surface area contributed by atoms with Gasteiger partial charge in [-0.2, -0.15) is 0 Å². The molecule has 2 atom stereocenters. The highest BCUT2D eigenvalue weighted by molar-refractivity contribution is 5.99. The predicted octanol–water partition coefficient (Wildman–Crippen LogP) is 3.07. The first-order valence-corrected chi connectivity index (χ1v) is 7.45. The molecule has 22 heavy (non-hydrogen) atoms. The fourth-order valence-electron chi connectivity index (χ4n) is 3.60. The standard InChI is InChI=1S/C17H18N2O3/c1-9-5-6-19(4,21)16-13(9)8-12-10(2)7-14(20)18-11(3)22-17(16)15(12)18/h5,7-8,11H,6H2,1-4H3. The van der Waals surface area contributed by atoms with E-state index in [4.69, 9.17) is 4.74 Å². The van der Waals surface area contributed by atoms with Gasteiger partial charge in [0.2, 0.25) is 5.75 Å². The molecule has 2 unspecified atom stereocenters. The summed E-state index contributed by atoms with van der Waals surface area (Å²) in [5.41, 5.74) is 4.23. The molecule has 114 valence electrons. The topological polar surface area (TPSA) is 54.3 Å². The third-order valence-electron chi connectivity index (χ3n) is 4.77. The lowest BCUT2D eigenvalue weighted by Crippen LogP contribution is -2.41. The molecule has 3 heterocycles. The van der Waals surface area contributed by atoms with Gasteiger partial charge in [0, 0.05) is 17.0 Å². The van der Waals surface area contributed by atoms with E-state index >= 15 is 0 Å². The number of hydrogen-bond donors (Lipinski definition) is 0. The van der Waals surface area contributed by atoms with Crippen molar-refractivity contribution < 1.29 is 4.74 Å². The molecule has 0 spiro atoms. The van der Waals surface area contributed by atoms with Crippen LogP contribution >= 0.6 is 0 Å². The van der Waals surface area contributed by atoms with Crippen LogP contribution in [-0.4, -0.2) is 18.2 Å². The van der Waals surface area contributed by atoms with Gasteiger partial charge in [-0.15, -0.1) is 0 Å². The van der Waals surface area contributed by atoms with Crippen LogP contribution in [0.4, 0.5) is 5.69 Å². The molecule has 0 aliphatic carbocycles. The first kappa shape index (κ1) is 13.5. The largest absolute Gasteiger partial charge is 0.627 e. The zero-order chi connectivity index (χ0) is 15.8. The van der Waals surface area contributed by atoms with E-state index in [2.05, 4.69) is 0 Å². The summed E-state index contributed by atoms with van der Waals surface area (Å²) in [6.45, 7) is 6.15. The summed E-state index contributed by atoms with van der Waals surface area (Å²) in [6, 6.07) is 3.66. The van der Waals surface area contributed by atoms with E-state index in [0.29, 0.717) is 18.0 Å².